The Hall–Kier alpha value is -2.55. The SMILES string of the molecule is Cc1ccc(-c2ccc3c(c2)c2ccncc2n3C)o1. The van der Waals surface area contributed by atoms with Crippen LogP contribution in [0.1, 0.15) is 5.76 Å². The highest BCUT2D eigenvalue weighted by molar-refractivity contribution is 6.08. The average Bonchev–Trinajstić information content (AvgIpc) is 3.03. The zero-order chi connectivity index (χ0) is 13.7. The fourth-order valence-corrected chi connectivity index (χ4v) is 2.80. The van der Waals surface area contributed by atoms with Crippen molar-refractivity contribution in [2.75, 3.05) is 0 Å². The van der Waals surface area contributed by atoms with Crippen molar-refractivity contribution in [1.29, 1.82) is 0 Å². The molecule has 3 aromatic heterocycles. The van der Waals surface area contributed by atoms with E-state index in [-0.39, 0.29) is 0 Å². The van der Waals surface area contributed by atoms with Crippen LogP contribution in [0.3, 0.4) is 0 Å². The fraction of sp³-hybridized carbons (Fsp3) is 0.118. The Morgan fingerprint density at radius 1 is 1.00 bits per heavy atom. The Morgan fingerprint density at radius 2 is 1.90 bits per heavy atom. The van der Waals surface area contributed by atoms with E-state index in [0.717, 1.165) is 22.6 Å². The van der Waals surface area contributed by atoms with E-state index in [4.69, 9.17) is 4.42 Å². The summed E-state index contributed by atoms with van der Waals surface area (Å²) in [7, 11) is 2.07. The van der Waals surface area contributed by atoms with Crippen LogP contribution in [-0.4, -0.2) is 9.55 Å². The van der Waals surface area contributed by atoms with Crippen LogP contribution in [0.2, 0.25) is 0 Å². The molecule has 0 atom stereocenters. The highest BCUT2D eigenvalue weighted by atomic mass is 16.3. The first kappa shape index (κ1) is 11.3. The minimum absolute atomic E-state index is 0.912. The van der Waals surface area contributed by atoms with Gasteiger partial charge in [0.1, 0.15) is 11.5 Å². The van der Waals surface area contributed by atoms with Crippen LogP contribution in [0.25, 0.3) is 33.1 Å². The van der Waals surface area contributed by atoms with Gasteiger partial charge in [-0.3, -0.25) is 4.98 Å². The molecule has 0 amide bonds. The first-order chi connectivity index (χ1) is 9.74. The van der Waals surface area contributed by atoms with Crippen molar-refractivity contribution < 1.29 is 4.42 Å². The molecule has 3 nitrogen and oxygen atoms in total. The van der Waals surface area contributed by atoms with E-state index in [1.165, 1.54) is 16.3 Å². The molecule has 0 aliphatic heterocycles. The monoisotopic (exact) mass is 262 g/mol. The standard InChI is InChI=1S/C17H14N2O/c1-11-3-6-17(20-11)12-4-5-15-14(9-12)13-7-8-18-10-16(13)19(15)2/h3-10H,1-2H3. The third-order valence-corrected chi connectivity index (χ3v) is 3.83. The van der Waals surface area contributed by atoms with Crippen molar-refractivity contribution in [2.45, 2.75) is 6.92 Å². The van der Waals surface area contributed by atoms with Gasteiger partial charge in [-0.05, 0) is 43.3 Å². The van der Waals surface area contributed by atoms with E-state index in [1.54, 1.807) is 0 Å². The van der Waals surface area contributed by atoms with E-state index in [2.05, 4.69) is 40.9 Å². The second-order valence-corrected chi connectivity index (χ2v) is 5.09. The van der Waals surface area contributed by atoms with Crippen LogP contribution in [-0.2, 0) is 7.05 Å². The Kier molecular flexibility index (Phi) is 2.24. The topological polar surface area (TPSA) is 31.0 Å². The molecule has 4 aromatic rings. The molecule has 0 aliphatic rings. The number of hydrogen-bond donors (Lipinski definition) is 0. The molecule has 98 valence electrons. The first-order valence-electron chi connectivity index (χ1n) is 6.63. The minimum Gasteiger partial charge on any atom is -0.461 e. The van der Waals surface area contributed by atoms with Gasteiger partial charge in [-0.15, -0.1) is 0 Å². The average molecular weight is 262 g/mol. The van der Waals surface area contributed by atoms with Gasteiger partial charge in [-0.1, -0.05) is 0 Å². The molecule has 0 saturated carbocycles. The lowest BCUT2D eigenvalue weighted by atomic mass is 10.1. The van der Waals surface area contributed by atoms with Crippen LogP contribution in [0, 0.1) is 6.92 Å². The number of nitrogens with zero attached hydrogens (tertiary/aromatic N) is 2. The molecule has 0 fully saturated rings. The molecule has 1 aromatic carbocycles. The number of benzene rings is 1. The molecular weight excluding hydrogens is 248 g/mol. The Balaban J connectivity index is 2.06. The molecule has 0 saturated heterocycles. The summed E-state index contributed by atoms with van der Waals surface area (Å²) in [6.45, 7) is 1.96. The van der Waals surface area contributed by atoms with Gasteiger partial charge in [0.05, 0.1) is 11.7 Å². The molecule has 0 unspecified atom stereocenters. The van der Waals surface area contributed by atoms with Crippen LogP contribution in [0.5, 0.6) is 0 Å². The summed E-state index contributed by atoms with van der Waals surface area (Å²) in [6, 6.07) is 12.5. The largest absolute Gasteiger partial charge is 0.461 e. The molecule has 0 bridgehead atoms. The van der Waals surface area contributed by atoms with Crippen LogP contribution < -0.4 is 0 Å². The number of aryl methyl sites for hydroxylation is 2. The summed E-state index contributed by atoms with van der Waals surface area (Å²) < 4.78 is 7.89. The summed E-state index contributed by atoms with van der Waals surface area (Å²) in [4.78, 5) is 4.21. The quantitative estimate of drug-likeness (QED) is 0.512. The van der Waals surface area contributed by atoms with Crippen molar-refractivity contribution in [2.24, 2.45) is 7.05 Å². The third-order valence-electron chi connectivity index (χ3n) is 3.83. The van der Waals surface area contributed by atoms with Gasteiger partial charge in [-0.25, -0.2) is 0 Å². The molecule has 0 spiro atoms. The summed E-state index contributed by atoms with van der Waals surface area (Å²) >= 11 is 0. The number of hydrogen-bond acceptors (Lipinski definition) is 2. The zero-order valence-electron chi connectivity index (χ0n) is 11.4. The fourth-order valence-electron chi connectivity index (χ4n) is 2.80. The van der Waals surface area contributed by atoms with Crippen LogP contribution >= 0.6 is 0 Å². The van der Waals surface area contributed by atoms with Crippen LogP contribution in [0.4, 0.5) is 0 Å². The maximum absolute atomic E-state index is 5.72. The lowest BCUT2D eigenvalue weighted by Crippen LogP contribution is -1.86. The molecule has 0 aliphatic carbocycles. The van der Waals surface area contributed by atoms with Gasteiger partial charge < -0.3 is 8.98 Å². The molecular formula is C17H14N2O. The summed E-state index contributed by atoms with van der Waals surface area (Å²) in [5.74, 6) is 1.85. The van der Waals surface area contributed by atoms with Crippen molar-refractivity contribution in [1.82, 2.24) is 9.55 Å². The van der Waals surface area contributed by atoms with Gasteiger partial charge in [0, 0.05) is 35.1 Å². The predicted octanol–water partition coefficient (Wildman–Crippen LogP) is 4.29. The third kappa shape index (κ3) is 1.50. The molecule has 20 heavy (non-hydrogen) atoms. The van der Waals surface area contributed by atoms with Crippen molar-refractivity contribution in [3.63, 3.8) is 0 Å². The van der Waals surface area contributed by atoms with Gasteiger partial charge in [0.25, 0.3) is 0 Å². The Morgan fingerprint density at radius 3 is 2.70 bits per heavy atom. The second-order valence-electron chi connectivity index (χ2n) is 5.09. The Bertz CT molecular complexity index is 931. The highest BCUT2D eigenvalue weighted by Crippen LogP contribution is 2.31. The molecule has 0 radical (unpaired) electrons. The van der Waals surface area contributed by atoms with Gasteiger partial charge in [0.2, 0.25) is 0 Å². The van der Waals surface area contributed by atoms with E-state index >= 15 is 0 Å². The van der Waals surface area contributed by atoms with Crippen molar-refractivity contribution in [3.05, 3.63) is 54.6 Å². The zero-order valence-corrected chi connectivity index (χ0v) is 11.4. The van der Waals surface area contributed by atoms with Gasteiger partial charge in [-0.2, -0.15) is 0 Å². The van der Waals surface area contributed by atoms with Gasteiger partial charge >= 0.3 is 0 Å². The normalized spacial score (nSPS) is 11.5. The smallest absolute Gasteiger partial charge is 0.134 e. The number of aromatic nitrogens is 2. The second kappa shape index (κ2) is 3.97. The van der Waals surface area contributed by atoms with E-state index in [9.17, 15) is 0 Å². The first-order valence-corrected chi connectivity index (χ1v) is 6.63. The van der Waals surface area contributed by atoms with Crippen molar-refractivity contribution >= 4 is 21.8 Å². The van der Waals surface area contributed by atoms with E-state index in [1.807, 2.05) is 31.5 Å². The number of furan rings is 1. The summed E-state index contributed by atoms with van der Waals surface area (Å²) in [5.41, 5.74) is 3.46. The molecule has 4 rings (SSSR count). The number of fused-ring (bicyclic) bond motifs is 3. The minimum atomic E-state index is 0.912. The Labute approximate surface area is 116 Å². The number of pyridine rings is 1. The molecule has 0 N–H and O–H groups in total. The van der Waals surface area contributed by atoms with Crippen LogP contribution in [0.15, 0.2) is 53.2 Å². The molecule has 3 heteroatoms. The van der Waals surface area contributed by atoms with Gasteiger partial charge in [0.15, 0.2) is 0 Å². The lowest BCUT2D eigenvalue weighted by molar-refractivity contribution is 0.548. The predicted molar refractivity (Wildman–Crippen MR) is 80.7 cm³/mol. The van der Waals surface area contributed by atoms with Crippen molar-refractivity contribution in [3.8, 4) is 11.3 Å². The number of rotatable bonds is 1. The lowest BCUT2D eigenvalue weighted by Gasteiger charge is -2.00. The maximum atomic E-state index is 5.72. The van der Waals surface area contributed by atoms with E-state index < -0.39 is 0 Å². The molecule has 3 heterocycles. The highest BCUT2D eigenvalue weighted by Gasteiger charge is 2.10. The maximum Gasteiger partial charge on any atom is 0.134 e. The summed E-state index contributed by atoms with van der Waals surface area (Å²) in [5, 5.41) is 2.46. The summed E-state index contributed by atoms with van der Waals surface area (Å²) in [6.07, 6.45) is 3.75. The van der Waals surface area contributed by atoms with E-state index in [0.29, 0.717) is 0 Å².